The van der Waals surface area contributed by atoms with Crippen LogP contribution in [-0.2, 0) is 4.74 Å². The third-order valence-corrected chi connectivity index (χ3v) is 4.56. The number of ether oxygens (including phenoxy) is 1. The molecule has 20 heavy (non-hydrogen) atoms. The third kappa shape index (κ3) is 3.12. The molecule has 2 rings (SSSR count). The highest BCUT2D eigenvalue weighted by Gasteiger charge is 2.44. The molecule has 1 saturated carbocycles. The van der Waals surface area contributed by atoms with Gasteiger partial charge in [0.25, 0.3) is 0 Å². The van der Waals surface area contributed by atoms with Crippen molar-refractivity contribution in [1.29, 1.82) is 0 Å². The maximum atomic E-state index is 12.9. The van der Waals surface area contributed by atoms with Crippen molar-refractivity contribution in [2.45, 2.75) is 59.0 Å². The molecule has 2 heteroatoms. The first kappa shape index (κ1) is 15.2. The lowest BCUT2D eigenvalue weighted by Gasteiger charge is -2.42. The molecule has 0 unspecified atom stereocenters. The highest BCUT2D eigenvalue weighted by Crippen LogP contribution is 2.43. The summed E-state index contributed by atoms with van der Waals surface area (Å²) in [5.41, 5.74) is 1.69. The molecule has 0 amide bonds. The van der Waals surface area contributed by atoms with Gasteiger partial charge in [-0.2, -0.15) is 0 Å². The molecule has 0 atom stereocenters. The molecule has 1 aliphatic carbocycles. The van der Waals surface area contributed by atoms with Gasteiger partial charge in [0.05, 0.1) is 0 Å². The average Bonchev–Trinajstić information content (AvgIpc) is 2.42. The first-order chi connectivity index (χ1) is 9.38. The molecule has 0 aromatic heterocycles. The van der Waals surface area contributed by atoms with Gasteiger partial charge in [0.2, 0.25) is 0 Å². The molecule has 0 spiro atoms. The van der Waals surface area contributed by atoms with Crippen molar-refractivity contribution >= 4 is 5.78 Å². The maximum absolute atomic E-state index is 12.9. The zero-order valence-corrected chi connectivity index (χ0v) is 13.2. The predicted octanol–water partition coefficient (Wildman–Crippen LogP) is 4.55. The Balaban J connectivity index is 2.24. The van der Waals surface area contributed by atoms with Crippen LogP contribution in [0.2, 0.25) is 0 Å². The maximum Gasteiger partial charge on any atom is 0.194 e. The van der Waals surface area contributed by atoms with Gasteiger partial charge in [0, 0.05) is 12.2 Å². The van der Waals surface area contributed by atoms with Crippen molar-refractivity contribution in [3.05, 3.63) is 35.4 Å². The van der Waals surface area contributed by atoms with Crippen molar-refractivity contribution in [2.75, 3.05) is 6.61 Å². The average molecular weight is 274 g/mol. The fourth-order valence-electron chi connectivity index (χ4n) is 3.01. The van der Waals surface area contributed by atoms with Crippen molar-refractivity contribution < 1.29 is 9.53 Å². The predicted molar refractivity (Wildman–Crippen MR) is 82.1 cm³/mol. The number of rotatable bonds is 4. The van der Waals surface area contributed by atoms with Gasteiger partial charge in [-0.05, 0) is 44.9 Å². The molecule has 0 radical (unpaired) electrons. The Morgan fingerprint density at radius 3 is 2.15 bits per heavy atom. The first-order valence-corrected chi connectivity index (χ1v) is 7.64. The molecule has 0 N–H and O–H groups in total. The zero-order chi connectivity index (χ0) is 14.8. The van der Waals surface area contributed by atoms with Gasteiger partial charge in [0.15, 0.2) is 5.78 Å². The number of ketones is 1. The number of carbonyl (C=O) groups excluding carboxylic acids is 1. The summed E-state index contributed by atoms with van der Waals surface area (Å²) >= 11 is 0. The Kier molecular flexibility index (Phi) is 4.33. The van der Waals surface area contributed by atoms with E-state index in [-0.39, 0.29) is 5.78 Å². The van der Waals surface area contributed by atoms with Gasteiger partial charge >= 0.3 is 0 Å². The Hall–Kier alpha value is -1.15. The van der Waals surface area contributed by atoms with Crippen LogP contribution in [0, 0.1) is 12.3 Å². The summed E-state index contributed by atoms with van der Waals surface area (Å²) in [5, 5.41) is 0. The van der Waals surface area contributed by atoms with Crippen LogP contribution >= 0.6 is 0 Å². The number of aryl methyl sites for hydroxylation is 1. The second kappa shape index (κ2) is 5.69. The van der Waals surface area contributed by atoms with Crippen molar-refractivity contribution in [3.63, 3.8) is 0 Å². The van der Waals surface area contributed by atoms with Crippen LogP contribution in [0.1, 0.15) is 62.4 Å². The molecule has 2 nitrogen and oxygen atoms in total. The molecule has 110 valence electrons. The van der Waals surface area contributed by atoms with Crippen molar-refractivity contribution in [2.24, 2.45) is 5.41 Å². The summed E-state index contributed by atoms with van der Waals surface area (Å²) in [6.07, 6.45) is 3.76. The zero-order valence-electron chi connectivity index (χ0n) is 13.2. The molecule has 1 aromatic rings. The van der Waals surface area contributed by atoms with Gasteiger partial charge in [0.1, 0.15) is 5.60 Å². The Morgan fingerprint density at radius 1 is 1.10 bits per heavy atom. The third-order valence-electron chi connectivity index (χ3n) is 4.56. The lowest BCUT2D eigenvalue weighted by molar-refractivity contribution is -0.0580. The van der Waals surface area contributed by atoms with E-state index in [1.54, 1.807) is 0 Å². The van der Waals surface area contributed by atoms with Gasteiger partial charge < -0.3 is 4.74 Å². The fourth-order valence-corrected chi connectivity index (χ4v) is 3.01. The van der Waals surface area contributed by atoms with E-state index in [2.05, 4.69) is 13.8 Å². The van der Waals surface area contributed by atoms with E-state index < -0.39 is 5.60 Å². The molecular formula is C18H26O2. The lowest BCUT2D eigenvalue weighted by Crippen LogP contribution is -2.46. The van der Waals surface area contributed by atoms with Crippen LogP contribution < -0.4 is 0 Å². The minimum Gasteiger partial charge on any atom is -0.367 e. The summed E-state index contributed by atoms with van der Waals surface area (Å²) in [6, 6.07) is 7.86. The van der Waals surface area contributed by atoms with Crippen LogP contribution in [-0.4, -0.2) is 18.0 Å². The van der Waals surface area contributed by atoms with E-state index in [4.69, 9.17) is 4.74 Å². The van der Waals surface area contributed by atoms with E-state index in [9.17, 15) is 4.79 Å². The molecule has 0 heterocycles. The number of benzene rings is 1. The number of hydrogen-bond donors (Lipinski definition) is 0. The van der Waals surface area contributed by atoms with Crippen LogP contribution in [0.5, 0.6) is 0 Å². The highest BCUT2D eigenvalue weighted by atomic mass is 16.5. The first-order valence-electron chi connectivity index (χ1n) is 7.64. The van der Waals surface area contributed by atoms with E-state index in [1.165, 1.54) is 5.56 Å². The summed E-state index contributed by atoms with van der Waals surface area (Å²) in [5.74, 6) is 0.162. The second-order valence-corrected chi connectivity index (χ2v) is 6.79. The van der Waals surface area contributed by atoms with Crippen LogP contribution in [0.25, 0.3) is 0 Å². The minimum atomic E-state index is -0.598. The molecule has 0 bridgehead atoms. The quantitative estimate of drug-likeness (QED) is 0.753. The Bertz CT molecular complexity index is 461. The highest BCUT2D eigenvalue weighted by molar-refractivity contribution is 6.02. The topological polar surface area (TPSA) is 26.3 Å². The fraction of sp³-hybridized carbons (Fsp3) is 0.611. The SMILES string of the molecule is CCOC1(C(=O)c2ccc(C)cc2)CCC(C)(C)CC1. The van der Waals surface area contributed by atoms with E-state index in [1.807, 2.05) is 38.1 Å². The number of Topliss-reactive ketones (excluding diaryl/α,β-unsaturated/α-hetero) is 1. The minimum absolute atomic E-state index is 0.162. The summed E-state index contributed by atoms with van der Waals surface area (Å²) in [4.78, 5) is 12.9. The van der Waals surface area contributed by atoms with Crippen LogP contribution in [0.3, 0.4) is 0 Å². The van der Waals surface area contributed by atoms with Crippen LogP contribution in [0.15, 0.2) is 24.3 Å². The molecule has 0 aliphatic heterocycles. The standard InChI is InChI=1S/C18H26O2/c1-5-20-18(12-10-17(3,4)11-13-18)16(19)15-8-6-14(2)7-9-15/h6-9H,5,10-13H2,1-4H3. The van der Waals surface area contributed by atoms with E-state index >= 15 is 0 Å². The summed E-state index contributed by atoms with van der Waals surface area (Å²) in [7, 11) is 0. The van der Waals surface area contributed by atoms with Crippen molar-refractivity contribution in [3.8, 4) is 0 Å². The number of hydrogen-bond acceptors (Lipinski definition) is 2. The second-order valence-electron chi connectivity index (χ2n) is 6.79. The number of carbonyl (C=O) groups is 1. The molecule has 1 fully saturated rings. The van der Waals surface area contributed by atoms with Gasteiger partial charge in [-0.3, -0.25) is 4.79 Å². The Labute approximate surface area is 122 Å². The molecular weight excluding hydrogens is 248 g/mol. The van der Waals surface area contributed by atoms with E-state index in [0.29, 0.717) is 12.0 Å². The lowest BCUT2D eigenvalue weighted by atomic mass is 9.68. The van der Waals surface area contributed by atoms with Gasteiger partial charge in [-0.15, -0.1) is 0 Å². The largest absolute Gasteiger partial charge is 0.367 e. The Morgan fingerprint density at radius 2 is 1.65 bits per heavy atom. The molecule has 1 aromatic carbocycles. The normalized spacial score (nSPS) is 20.6. The van der Waals surface area contributed by atoms with Crippen molar-refractivity contribution in [1.82, 2.24) is 0 Å². The van der Waals surface area contributed by atoms with Gasteiger partial charge in [-0.25, -0.2) is 0 Å². The smallest absolute Gasteiger partial charge is 0.194 e. The molecule has 0 saturated heterocycles. The van der Waals surface area contributed by atoms with Crippen LogP contribution in [0.4, 0.5) is 0 Å². The monoisotopic (exact) mass is 274 g/mol. The summed E-state index contributed by atoms with van der Waals surface area (Å²) in [6.45, 7) is 9.16. The van der Waals surface area contributed by atoms with E-state index in [0.717, 1.165) is 31.2 Å². The molecule has 1 aliphatic rings. The van der Waals surface area contributed by atoms with Gasteiger partial charge in [-0.1, -0.05) is 43.7 Å². The summed E-state index contributed by atoms with van der Waals surface area (Å²) < 4.78 is 5.96.